The summed E-state index contributed by atoms with van der Waals surface area (Å²) in [5.74, 6) is 0.518. The standard InChI is InChI=1S/C20H20ClF3N2O5S/c1-30-17-4-2-3-5-18(17)31-13-19(27)25-8-10-26(11-9-25)32(28,29)14-6-7-16(21)15(12-14)20(22,23)24/h2-7,12H,8-11,13H2,1H3. The number of piperazine rings is 1. The maximum Gasteiger partial charge on any atom is 0.417 e. The number of carbonyl (C=O) groups excluding carboxylic acids is 1. The summed E-state index contributed by atoms with van der Waals surface area (Å²) in [4.78, 5) is 13.4. The Morgan fingerprint density at radius 3 is 2.28 bits per heavy atom. The smallest absolute Gasteiger partial charge is 0.417 e. The van der Waals surface area contributed by atoms with Gasteiger partial charge < -0.3 is 14.4 Å². The summed E-state index contributed by atoms with van der Waals surface area (Å²) >= 11 is 5.57. The molecule has 0 unspecified atom stereocenters. The van der Waals surface area contributed by atoms with Crippen LogP contribution in [0.15, 0.2) is 47.4 Å². The molecular weight excluding hydrogens is 473 g/mol. The van der Waals surface area contributed by atoms with E-state index in [1.54, 1.807) is 24.3 Å². The summed E-state index contributed by atoms with van der Waals surface area (Å²) < 4.78 is 76.6. The molecule has 2 aromatic carbocycles. The number of nitrogens with zero attached hydrogens (tertiary/aromatic N) is 2. The van der Waals surface area contributed by atoms with Crippen LogP contribution in [0.4, 0.5) is 13.2 Å². The van der Waals surface area contributed by atoms with E-state index in [1.807, 2.05) is 0 Å². The van der Waals surface area contributed by atoms with Crippen LogP contribution in [0.1, 0.15) is 5.56 Å². The lowest BCUT2D eigenvalue weighted by Crippen LogP contribution is -2.51. The monoisotopic (exact) mass is 492 g/mol. The third-order valence-corrected chi connectivity index (χ3v) is 7.12. The number of hydrogen-bond acceptors (Lipinski definition) is 5. The molecule has 1 fully saturated rings. The quantitative estimate of drug-likeness (QED) is 0.618. The van der Waals surface area contributed by atoms with Gasteiger partial charge in [-0.15, -0.1) is 0 Å². The van der Waals surface area contributed by atoms with E-state index in [0.717, 1.165) is 16.4 Å². The molecular formula is C20H20ClF3N2O5S. The number of benzene rings is 2. The summed E-state index contributed by atoms with van der Waals surface area (Å²) in [6.45, 7) is -0.237. The predicted octanol–water partition coefficient (Wildman–Crippen LogP) is 3.28. The first kappa shape index (κ1) is 24.1. The Bertz CT molecular complexity index is 1090. The van der Waals surface area contributed by atoms with Gasteiger partial charge in [0.05, 0.1) is 22.6 Å². The van der Waals surface area contributed by atoms with E-state index in [-0.39, 0.29) is 38.7 Å². The average molecular weight is 493 g/mol. The SMILES string of the molecule is COc1ccccc1OCC(=O)N1CCN(S(=O)(=O)c2ccc(Cl)c(C(F)(F)F)c2)CC1. The molecule has 0 radical (unpaired) electrons. The zero-order valence-electron chi connectivity index (χ0n) is 16.9. The molecule has 3 rings (SSSR count). The number of halogens is 4. The number of rotatable bonds is 6. The Morgan fingerprint density at radius 1 is 1.06 bits per heavy atom. The normalized spacial score (nSPS) is 15.5. The molecule has 0 atom stereocenters. The van der Waals surface area contributed by atoms with Crippen molar-refractivity contribution in [2.45, 2.75) is 11.1 Å². The third-order valence-electron chi connectivity index (χ3n) is 4.89. The van der Waals surface area contributed by atoms with Crippen molar-refractivity contribution in [2.24, 2.45) is 0 Å². The highest BCUT2D eigenvalue weighted by Crippen LogP contribution is 2.36. The number of amides is 1. The van der Waals surface area contributed by atoms with Gasteiger partial charge in [-0.25, -0.2) is 8.42 Å². The van der Waals surface area contributed by atoms with Gasteiger partial charge in [0.2, 0.25) is 10.0 Å². The first-order valence-electron chi connectivity index (χ1n) is 9.44. The fraction of sp³-hybridized carbons (Fsp3) is 0.350. The van der Waals surface area contributed by atoms with Gasteiger partial charge in [-0.3, -0.25) is 4.79 Å². The molecule has 0 bridgehead atoms. The average Bonchev–Trinajstić information content (AvgIpc) is 2.77. The van der Waals surface area contributed by atoms with Gasteiger partial charge in [0.15, 0.2) is 18.1 Å². The van der Waals surface area contributed by atoms with Crippen LogP contribution in [-0.2, 0) is 21.0 Å². The molecule has 2 aromatic rings. The number of methoxy groups -OCH3 is 1. The largest absolute Gasteiger partial charge is 0.493 e. The number of hydrogen-bond donors (Lipinski definition) is 0. The van der Waals surface area contributed by atoms with Crippen LogP contribution in [0.25, 0.3) is 0 Å². The molecule has 0 saturated carbocycles. The summed E-state index contributed by atoms with van der Waals surface area (Å²) in [6, 6.07) is 9.29. The van der Waals surface area contributed by atoms with Crippen LogP contribution in [-0.4, -0.2) is 63.4 Å². The fourth-order valence-electron chi connectivity index (χ4n) is 3.18. The topological polar surface area (TPSA) is 76.2 Å². The first-order valence-corrected chi connectivity index (χ1v) is 11.3. The lowest BCUT2D eigenvalue weighted by molar-refractivity contribution is -0.137. The van der Waals surface area contributed by atoms with Crippen molar-refractivity contribution in [1.82, 2.24) is 9.21 Å². The van der Waals surface area contributed by atoms with E-state index in [4.69, 9.17) is 21.1 Å². The Kier molecular flexibility index (Phi) is 7.21. The zero-order valence-corrected chi connectivity index (χ0v) is 18.5. The molecule has 7 nitrogen and oxygen atoms in total. The van der Waals surface area contributed by atoms with Gasteiger partial charge >= 0.3 is 6.18 Å². The van der Waals surface area contributed by atoms with E-state index in [9.17, 15) is 26.4 Å². The van der Waals surface area contributed by atoms with Crippen LogP contribution in [0.5, 0.6) is 11.5 Å². The fourth-order valence-corrected chi connectivity index (χ4v) is 4.85. The second-order valence-corrected chi connectivity index (χ2v) is 9.21. The number of sulfonamides is 1. The van der Waals surface area contributed by atoms with Crippen molar-refractivity contribution in [3.05, 3.63) is 53.1 Å². The van der Waals surface area contributed by atoms with Gasteiger partial charge in [0.1, 0.15) is 0 Å². The molecule has 1 amide bonds. The maximum absolute atomic E-state index is 13.1. The van der Waals surface area contributed by atoms with Gasteiger partial charge in [0.25, 0.3) is 5.91 Å². The molecule has 1 heterocycles. The van der Waals surface area contributed by atoms with Crippen LogP contribution in [0, 0.1) is 0 Å². The minimum absolute atomic E-state index is 0.0628. The van der Waals surface area contributed by atoms with Crippen molar-refractivity contribution >= 4 is 27.5 Å². The molecule has 1 aliphatic rings. The van der Waals surface area contributed by atoms with Crippen LogP contribution >= 0.6 is 11.6 Å². The van der Waals surface area contributed by atoms with Gasteiger partial charge in [0, 0.05) is 26.2 Å². The molecule has 32 heavy (non-hydrogen) atoms. The van der Waals surface area contributed by atoms with Crippen molar-refractivity contribution < 1.29 is 35.9 Å². The summed E-state index contributed by atoms with van der Waals surface area (Å²) in [5.41, 5.74) is -1.22. The molecule has 12 heteroatoms. The van der Waals surface area contributed by atoms with Crippen molar-refractivity contribution in [3.63, 3.8) is 0 Å². The van der Waals surface area contributed by atoms with Crippen molar-refractivity contribution in [1.29, 1.82) is 0 Å². The van der Waals surface area contributed by atoms with Gasteiger partial charge in [-0.2, -0.15) is 17.5 Å². The molecule has 174 valence electrons. The van der Waals surface area contributed by atoms with E-state index < -0.39 is 31.7 Å². The summed E-state index contributed by atoms with van der Waals surface area (Å²) in [6.07, 6.45) is -4.78. The molecule has 0 spiro atoms. The molecule has 1 aliphatic heterocycles. The molecule has 0 N–H and O–H groups in total. The Hall–Kier alpha value is -2.50. The third kappa shape index (κ3) is 5.28. The zero-order chi connectivity index (χ0) is 23.5. The minimum atomic E-state index is -4.78. The van der Waals surface area contributed by atoms with E-state index >= 15 is 0 Å². The first-order chi connectivity index (χ1) is 15.0. The maximum atomic E-state index is 13.1. The van der Waals surface area contributed by atoms with Crippen LogP contribution < -0.4 is 9.47 Å². The van der Waals surface area contributed by atoms with Crippen LogP contribution in [0.3, 0.4) is 0 Å². The Labute approximate surface area is 188 Å². The second-order valence-electron chi connectivity index (χ2n) is 6.86. The minimum Gasteiger partial charge on any atom is -0.493 e. The van der Waals surface area contributed by atoms with Crippen LogP contribution in [0.2, 0.25) is 5.02 Å². The number of para-hydroxylation sites is 2. The Morgan fingerprint density at radius 2 is 1.69 bits per heavy atom. The Balaban J connectivity index is 1.63. The number of carbonyl (C=O) groups is 1. The molecule has 1 saturated heterocycles. The number of alkyl halides is 3. The van der Waals surface area contributed by atoms with E-state index in [1.165, 1.54) is 12.0 Å². The van der Waals surface area contributed by atoms with Crippen molar-refractivity contribution in [3.8, 4) is 11.5 Å². The van der Waals surface area contributed by atoms with Gasteiger partial charge in [-0.1, -0.05) is 23.7 Å². The van der Waals surface area contributed by atoms with Gasteiger partial charge in [-0.05, 0) is 30.3 Å². The van der Waals surface area contributed by atoms with E-state index in [0.29, 0.717) is 17.6 Å². The summed E-state index contributed by atoms with van der Waals surface area (Å²) in [5, 5.41) is -0.582. The van der Waals surface area contributed by atoms with E-state index in [2.05, 4.69) is 0 Å². The predicted molar refractivity (Wildman–Crippen MR) is 110 cm³/mol. The highest BCUT2D eigenvalue weighted by Gasteiger charge is 2.36. The summed E-state index contributed by atoms with van der Waals surface area (Å²) in [7, 11) is -2.71. The lowest BCUT2D eigenvalue weighted by atomic mass is 10.2. The second kappa shape index (κ2) is 9.55. The van der Waals surface area contributed by atoms with Crippen molar-refractivity contribution in [2.75, 3.05) is 39.9 Å². The molecule has 0 aromatic heterocycles. The highest BCUT2D eigenvalue weighted by molar-refractivity contribution is 7.89. The molecule has 0 aliphatic carbocycles. The highest BCUT2D eigenvalue weighted by atomic mass is 35.5. The number of ether oxygens (including phenoxy) is 2. The lowest BCUT2D eigenvalue weighted by Gasteiger charge is -2.34.